The zero-order chi connectivity index (χ0) is 13.1. The fraction of sp³-hybridized carbons (Fsp3) is 0.500. The number of hydrogen-bond donors (Lipinski definition) is 1. The molecule has 0 spiro atoms. The van der Waals surface area contributed by atoms with E-state index >= 15 is 0 Å². The van der Waals surface area contributed by atoms with Crippen molar-refractivity contribution in [2.75, 3.05) is 6.61 Å². The van der Waals surface area contributed by atoms with Gasteiger partial charge in [0.05, 0.1) is 13.2 Å². The van der Waals surface area contributed by atoms with E-state index in [0.29, 0.717) is 13.2 Å². The lowest BCUT2D eigenvalue weighted by Gasteiger charge is -2.24. The summed E-state index contributed by atoms with van der Waals surface area (Å²) in [5.74, 6) is 1.75. The largest absolute Gasteiger partial charge is 0.459 e. The summed E-state index contributed by atoms with van der Waals surface area (Å²) in [5, 5.41) is 1.13. The second-order valence-corrected chi connectivity index (χ2v) is 5.34. The molecule has 2 aromatic rings. The van der Waals surface area contributed by atoms with E-state index in [2.05, 4.69) is 6.07 Å². The Labute approximate surface area is 113 Å². The molecule has 0 amide bonds. The summed E-state index contributed by atoms with van der Waals surface area (Å²) < 4.78 is 11.6. The highest BCUT2D eigenvalue weighted by molar-refractivity contribution is 5.82. The number of fused-ring (bicyclic) bond motifs is 1. The van der Waals surface area contributed by atoms with E-state index in [9.17, 15) is 0 Å². The maximum Gasteiger partial charge on any atom is 0.134 e. The Morgan fingerprint density at radius 1 is 1.26 bits per heavy atom. The number of nitrogens with two attached hydrogens (primary N) is 1. The molecule has 1 aliphatic carbocycles. The fourth-order valence-corrected chi connectivity index (χ4v) is 2.68. The minimum atomic E-state index is 0.427. The van der Waals surface area contributed by atoms with Crippen LogP contribution in [-0.2, 0) is 17.9 Å². The van der Waals surface area contributed by atoms with E-state index in [1.807, 2.05) is 18.2 Å². The van der Waals surface area contributed by atoms with E-state index in [1.54, 1.807) is 0 Å². The van der Waals surface area contributed by atoms with Crippen molar-refractivity contribution < 1.29 is 9.15 Å². The van der Waals surface area contributed by atoms with Crippen molar-refractivity contribution in [2.24, 2.45) is 11.7 Å². The van der Waals surface area contributed by atoms with E-state index in [1.165, 1.54) is 25.7 Å². The zero-order valence-corrected chi connectivity index (χ0v) is 11.2. The Kier molecular flexibility index (Phi) is 3.85. The van der Waals surface area contributed by atoms with Crippen LogP contribution in [0.3, 0.4) is 0 Å². The van der Waals surface area contributed by atoms with Crippen molar-refractivity contribution in [1.82, 2.24) is 0 Å². The van der Waals surface area contributed by atoms with Crippen LogP contribution in [0, 0.1) is 5.92 Å². The molecule has 1 fully saturated rings. The Balaban J connectivity index is 1.65. The third kappa shape index (κ3) is 2.67. The number of furan rings is 1. The lowest BCUT2D eigenvalue weighted by molar-refractivity contribution is 0.0946. The molecule has 19 heavy (non-hydrogen) atoms. The molecule has 3 rings (SSSR count). The SMILES string of the molecule is NCc1oc2ccccc2c1COCCC1CCC1. The van der Waals surface area contributed by atoms with Crippen LogP contribution in [0.15, 0.2) is 28.7 Å². The van der Waals surface area contributed by atoms with Gasteiger partial charge in [-0.3, -0.25) is 0 Å². The van der Waals surface area contributed by atoms with E-state index in [0.717, 1.165) is 34.8 Å². The summed E-state index contributed by atoms with van der Waals surface area (Å²) in [6, 6.07) is 8.05. The predicted molar refractivity (Wildman–Crippen MR) is 75.7 cm³/mol. The van der Waals surface area contributed by atoms with Crippen molar-refractivity contribution in [3.05, 3.63) is 35.6 Å². The fourth-order valence-electron chi connectivity index (χ4n) is 2.68. The molecule has 0 radical (unpaired) electrons. The molecule has 1 aromatic carbocycles. The Morgan fingerprint density at radius 3 is 2.84 bits per heavy atom. The van der Waals surface area contributed by atoms with Crippen molar-refractivity contribution in [3.8, 4) is 0 Å². The lowest BCUT2D eigenvalue weighted by Crippen LogP contribution is -2.13. The third-order valence-corrected chi connectivity index (χ3v) is 4.11. The van der Waals surface area contributed by atoms with Crippen molar-refractivity contribution in [3.63, 3.8) is 0 Å². The zero-order valence-electron chi connectivity index (χ0n) is 11.2. The molecule has 2 N–H and O–H groups in total. The highest BCUT2D eigenvalue weighted by Gasteiger charge is 2.17. The Bertz CT molecular complexity index is 543. The summed E-state index contributed by atoms with van der Waals surface area (Å²) in [6.45, 7) is 1.88. The topological polar surface area (TPSA) is 48.4 Å². The minimum absolute atomic E-state index is 0.427. The number of hydrogen-bond acceptors (Lipinski definition) is 3. The molecule has 3 nitrogen and oxygen atoms in total. The molecule has 1 aliphatic rings. The van der Waals surface area contributed by atoms with Crippen molar-refractivity contribution in [2.45, 2.75) is 38.8 Å². The number of ether oxygens (including phenoxy) is 1. The maximum atomic E-state index is 5.82. The van der Waals surface area contributed by atoms with Gasteiger partial charge in [0.2, 0.25) is 0 Å². The molecule has 1 aromatic heterocycles. The van der Waals surface area contributed by atoms with Crippen molar-refractivity contribution in [1.29, 1.82) is 0 Å². The second-order valence-electron chi connectivity index (χ2n) is 5.34. The standard InChI is InChI=1S/C16H21NO2/c17-10-16-14(11-18-9-8-12-4-3-5-12)13-6-1-2-7-15(13)19-16/h1-2,6-7,12H,3-5,8-11,17H2. The quantitative estimate of drug-likeness (QED) is 0.806. The van der Waals surface area contributed by atoms with Crippen LogP contribution in [0.1, 0.15) is 37.0 Å². The van der Waals surface area contributed by atoms with Gasteiger partial charge in [-0.05, 0) is 18.4 Å². The lowest BCUT2D eigenvalue weighted by atomic mass is 9.83. The summed E-state index contributed by atoms with van der Waals surface area (Å²) >= 11 is 0. The molecule has 102 valence electrons. The van der Waals surface area contributed by atoms with Crippen LogP contribution >= 0.6 is 0 Å². The van der Waals surface area contributed by atoms with E-state index in [4.69, 9.17) is 14.9 Å². The summed E-state index contributed by atoms with van der Waals surface area (Å²) in [6.07, 6.45) is 5.35. The summed E-state index contributed by atoms with van der Waals surface area (Å²) in [4.78, 5) is 0. The second kappa shape index (κ2) is 5.76. The monoisotopic (exact) mass is 259 g/mol. The summed E-state index contributed by atoms with van der Waals surface area (Å²) in [7, 11) is 0. The molecule has 0 saturated heterocycles. The maximum absolute atomic E-state index is 5.82. The third-order valence-electron chi connectivity index (χ3n) is 4.11. The molecular weight excluding hydrogens is 238 g/mol. The van der Waals surface area contributed by atoms with Crippen LogP contribution in [0.25, 0.3) is 11.0 Å². The first-order valence-corrected chi connectivity index (χ1v) is 7.15. The number of benzene rings is 1. The average Bonchev–Trinajstić information content (AvgIpc) is 2.74. The first-order valence-electron chi connectivity index (χ1n) is 7.15. The van der Waals surface area contributed by atoms with Gasteiger partial charge >= 0.3 is 0 Å². The van der Waals surface area contributed by atoms with E-state index in [-0.39, 0.29) is 0 Å². The van der Waals surface area contributed by atoms with Gasteiger partial charge < -0.3 is 14.9 Å². The molecule has 0 unspecified atom stereocenters. The van der Waals surface area contributed by atoms with Crippen LogP contribution in [0.2, 0.25) is 0 Å². The van der Waals surface area contributed by atoms with Crippen LogP contribution in [0.4, 0.5) is 0 Å². The Morgan fingerprint density at radius 2 is 2.11 bits per heavy atom. The molecule has 3 heteroatoms. The van der Waals surface area contributed by atoms with Crippen LogP contribution in [0.5, 0.6) is 0 Å². The normalized spacial score (nSPS) is 15.8. The molecule has 0 aliphatic heterocycles. The van der Waals surface area contributed by atoms with Gasteiger partial charge in [-0.25, -0.2) is 0 Å². The summed E-state index contributed by atoms with van der Waals surface area (Å²) in [5.41, 5.74) is 7.77. The molecule has 0 atom stereocenters. The van der Waals surface area contributed by atoms with Crippen LogP contribution < -0.4 is 5.73 Å². The van der Waals surface area contributed by atoms with Crippen molar-refractivity contribution >= 4 is 11.0 Å². The molecule has 0 bridgehead atoms. The van der Waals surface area contributed by atoms with Crippen LogP contribution in [-0.4, -0.2) is 6.61 Å². The highest BCUT2D eigenvalue weighted by atomic mass is 16.5. The number of para-hydroxylation sites is 1. The smallest absolute Gasteiger partial charge is 0.134 e. The van der Waals surface area contributed by atoms with Gasteiger partial charge in [0.25, 0.3) is 0 Å². The predicted octanol–water partition coefficient (Wildman–Crippen LogP) is 3.60. The first-order chi connectivity index (χ1) is 9.38. The molecule has 1 saturated carbocycles. The average molecular weight is 259 g/mol. The van der Waals surface area contributed by atoms with E-state index < -0.39 is 0 Å². The van der Waals surface area contributed by atoms with Gasteiger partial charge in [0.1, 0.15) is 11.3 Å². The minimum Gasteiger partial charge on any atom is -0.459 e. The van der Waals surface area contributed by atoms with Gasteiger partial charge in [0, 0.05) is 17.6 Å². The first kappa shape index (κ1) is 12.7. The Hall–Kier alpha value is -1.32. The highest BCUT2D eigenvalue weighted by Crippen LogP contribution is 2.30. The van der Waals surface area contributed by atoms with Gasteiger partial charge in [0.15, 0.2) is 0 Å². The molecular formula is C16H21NO2. The van der Waals surface area contributed by atoms with Gasteiger partial charge in [-0.1, -0.05) is 37.5 Å². The van der Waals surface area contributed by atoms with Gasteiger partial charge in [-0.2, -0.15) is 0 Å². The molecule has 1 heterocycles. The number of rotatable bonds is 6. The van der Waals surface area contributed by atoms with Gasteiger partial charge in [-0.15, -0.1) is 0 Å².